The number of fused-ring (bicyclic) bond motifs is 1. The van der Waals surface area contributed by atoms with Gasteiger partial charge in [-0.05, 0) is 89.6 Å². The van der Waals surface area contributed by atoms with Gasteiger partial charge in [-0.1, -0.05) is 98.7 Å². The second-order valence-electron chi connectivity index (χ2n) is 20.5. The first-order chi connectivity index (χ1) is 27.3. The van der Waals surface area contributed by atoms with Crippen LogP contribution < -0.4 is 15.8 Å². The molecule has 1 saturated heterocycles. The van der Waals surface area contributed by atoms with Crippen LogP contribution in [0.15, 0.2) is 54.9 Å². The van der Waals surface area contributed by atoms with Gasteiger partial charge in [0, 0.05) is 12.4 Å². The first-order valence-corrected chi connectivity index (χ1v) is 30.3. The molecule has 0 spiro atoms. The van der Waals surface area contributed by atoms with E-state index in [1.54, 1.807) is 0 Å². The Bertz CT molecular complexity index is 2020. The zero-order valence-corrected chi connectivity index (χ0v) is 42.1. The maximum absolute atomic E-state index is 7.49. The maximum Gasteiger partial charge on any atom is 0.207 e. The Hall–Kier alpha value is -2.83. The third-order valence-corrected chi connectivity index (χ3v) is 26.8. The smallest absolute Gasteiger partial charge is 0.207 e. The van der Waals surface area contributed by atoms with Gasteiger partial charge in [-0.3, -0.25) is 4.57 Å². The molecule has 59 heavy (non-hydrogen) atoms. The Labute approximate surface area is 361 Å². The van der Waals surface area contributed by atoms with E-state index in [2.05, 4.69) is 148 Å². The Balaban J connectivity index is 1.56. The number of hydrogen-bond donors (Lipinski definition) is 2. The summed E-state index contributed by atoms with van der Waals surface area (Å²) in [6, 6.07) is 16.6. The van der Waals surface area contributed by atoms with Crippen molar-refractivity contribution in [1.29, 1.82) is 0 Å². The summed E-state index contributed by atoms with van der Waals surface area (Å²) in [6.45, 7) is 35.5. The zero-order chi connectivity index (χ0) is 43.8. The summed E-state index contributed by atoms with van der Waals surface area (Å²) < 4.78 is 37.0. The van der Waals surface area contributed by atoms with Crippen molar-refractivity contribution in [2.24, 2.45) is 0 Å². The van der Waals surface area contributed by atoms with Crippen molar-refractivity contribution in [3.63, 3.8) is 0 Å². The van der Waals surface area contributed by atoms with Gasteiger partial charge in [0.2, 0.25) is 5.95 Å². The van der Waals surface area contributed by atoms with Gasteiger partial charge in [-0.2, -0.15) is 0 Å². The van der Waals surface area contributed by atoms with Gasteiger partial charge in [-0.15, -0.1) is 11.6 Å². The highest BCUT2D eigenvalue weighted by Crippen LogP contribution is 2.48. The highest BCUT2D eigenvalue weighted by atomic mass is 35.5. The largest absolute Gasteiger partial charge is 0.494 e. The number of halogens is 1. The minimum Gasteiger partial charge on any atom is -0.494 e. The summed E-state index contributed by atoms with van der Waals surface area (Å²) in [5.74, 6) is 2.26. The predicted molar refractivity (Wildman–Crippen MR) is 251 cm³/mol. The van der Waals surface area contributed by atoms with Crippen molar-refractivity contribution in [3.8, 4) is 16.9 Å². The van der Waals surface area contributed by atoms with Crippen LogP contribution in [0.2, 0.25) is 54.4 Å². The van der Waals surface area contributed by atoms with Crippen LogP contribution in [0.4, 0.5) is 11.8 Å². The number of imidazole rings is 1. The van der Waals surface area contributed by atoms with Crippen LogP contribution in [-0.4, -0.2) is 81.9 Å². The molecule has 2 aromatic carbocycles. The molecule has 2 aromatic heterocycles. The zero-order valence-electron chi connectivity index (χ0n) is 38.3. The summed E-state index contributed by atoms with van der Waals surface area (Å²) in [7, 11) is -6.95. The van der Waals surface area contributed by atoms with E-state index >= 15 is 0 Å². The first-order valence-electron chi connectivity index (χ1n) is 21.0. The summed E-state index contributed by atoms with van der Waals surface area (Å²) in [4.78, 5) is 14.1. The molecule has 11 nitrogen and oxygen atoms in total. The molecule has 0 radical (unpaired) electrons. The molecule has 5 rings (SSSR count). The van der Waals surface area contributed by atoms with Crippen LogP contribution in [0.3, 0.4) is 0 Å². The average Bonchev–Trinajstić information content (AvgIpc) is 3.66. The summed E-state index contributed by atoms with van der Waals surface area (Å²) in [5.41, 5.74) is 10.8. The van der Waals surface area contributed by atoms with E-state index < -0.39 is 49.5 Å². The fraction of sp³-hybridized carbons (Fsp3) is 0.614. The minimum atomic E-state index is -2.42. The topological polar surface area (TPSA) is 128 Å². The van der Waals surface area contributed by atoms with Gasteiger partial charge in [0.25, 0.3) is 0 Å². The van der Waals surface area contributed by atoms with Crippen molar-refractivity contribution in [2.45, 2.75) is 154 Å². The molecule has 0 saturated carbocycles. The number of aromatic nitrogens is 4. The third-order valence-electron chi connectivity index (χ3n) is 13.1. The molecule has 4 atom stereocenters. The van der Waals surface area contributed by atoms with Crippen molar-refractivity contribution >= 4 is 59.5 Å². The normalized spacial score (nSPS) is 19.7. The molecule has 1 fully saturated rings. The van der Waals surface area contributed by atoms with E-state index in [4.69, 9.17) is 50.1 Å². The molecular formula is C44H71ClN6O5Si3. The van der Waals surface area contributed by atoms with Crippen molar-refractivity contribution in [1.82, 2.24) is 19.5 Å². The fourth-order valence-corrected chi connectivity index (χ4v) is 9.88. The second kappa shape index (κ2) is 17.9. The number of benzene rings is 2. The van der Waals surface area contributed by atoms with Gasteiger partial charge >= 0.3 is 0 Å². The molecule has 0 bridgehead atoms. The van der Waals surface area contributed by atoms with Gasteiger partial charge in [-0.25, -0.2) is 15.0 Å². The number of nitrogens with one attached hydrogen (secondary N) is 1. The number of rotatable bonds is 16. The van der Waals surface area contributed by atoms with Crippen molar-refractivity contribution in [2.75, 3.05) is 30.1 Å². The number of alkyl halides is 1. The monoisotopic (exact) mass is 882 g/mol. The van der Waals surface area contributed by atoms with Crippen LogP contribution in [0, 0.1) is 0 Å². The van der Waals surface area contributed by atoms with E-state index in [0.717, 1.165) is 28.9 Å². The summed E-state index contributed by atoms with van der Waals surface area (Å²) in [5, 5.41) is 3.52. The molecule has 0 amide bonds. The van der Waals surface area contributed by atoms with Gasteiger partial charge in [0.15, 0.2) is 48.2 Å². The number of nitrogens with two attached hydrogens (primary N) is 1. The second-order valence-corrected chi connectivity index (χ2v) is 35.2. The highest BCUT2D eigenvalue weighted by Gasteiger charge is 2.55. The number of anilines is 2. The number of nitrogen functional groups attached to an aromatic ring is 1. The maximum atomic E-state index is 7.49. The molecule has 3 heterocycles. The third kappa shape index (κ3) is 10.8. The molecule has 326 valence electrons. The van der Waals surface area contributed by atoms with Crippen LogP contribution in [0.5, 0.6) is 5.75 Å². The Morgan fingerprint density at radius 2 is 1.41 bits per heavy atom. The Morgan fingerprint density at radius 1 is 0.797 bits per heavy atom. The van der Waals surface area contributed by atoms with E-state index in [-0.39, 0.29) is 15.1 Å². The van der Waals surface area contributed by atoms with Crippen LogP contribution >= 0.6 is 11.6 Å². The predicted octanol–water partition coefficient (Wildman–Crippen LogP) is 11.4. The lowest BCUT2D eigenvalue weighted by atomic mass is 10.0. The molecule has 1 aliphatic rings. The molecule has 0 unspecified atom stereocenters. The molecule has 0 aliphatic carbocycles. The van der Waals surface area contributed by atoms with Gasteiger partial charge in [0.05, 0.1) is 13.2 Å². The lowest BCUT2D eigenvalue weighted by Gasteiger charge is -2.44. The molecule has 1 aliphatic heterocycles. The van der Waals surface area contributed by atoms with Crippen LogP contribution in [0.25, 0.3) is 22.3 Å². The minimum absolute atomic E-state index is 0.0186. The van der Waals surface area contributed by atoms with E-state index in [1.165, 1.54) is 6.33 Å². The van der Waals surface area contributed by atoms with Crippen LogP contribution in [0.1, 0.15) is 80.5 Å². The standard InChI is InChI=1S/C44H71ClN6O5Si3/c1-42(2,3)57(10,11)53-28-34-36(55-58(12,13)43(4,5)6)37(56-59(14,15)44(7,8)9)40(54-34)51-39-35(38(46)48-29-49-39)50-41(51)47-27-30-20-22-31(23-21-30)32-18-16-19-33(26-32)52-25-17-24-45/h16,18-23,26,29,34,36-37,40H,17,24-25,27-28H2,1-15H3,(H,47,50)(H2,46,48,49)/t34-,36-,37-,40-/m1/s1. The van der Waals surface area contributed by atoms with E-state index in [9.17, 15) is 0 Å². The molecule has 4 aromatic rings. The number of nitrogens with zero attached hydrogens (tertiary/aromatic N) is 4. The average molecular weight is 884 g/mol. The summed E-state index contributed by atoms with van der Waals surface area (Å²) >= 11 is 5.85. The lowest BCUT2D eigenvalue weighted by molar-refractivity contribution is -0.0461. The molecule has 3 N–H and O–H groups in total. The van der Waals surface area contributed by atoms with Gasteiger partial charge < -0.3 is 33.8 Å². The van der Waals surface area contributed by atoms with Gasteiger partial charge in [0.1, 0.15) is 30.4 Å². The lowest BCUT2D eigenvalue weighted by Crippen LogP contribution is -2.54. The quantitative estimate of drug-likeness (QED) is 0.0638. The van der Waals surface area contributed by atoms with E-state index in [0.29, 0.717) is 48.6 Å². The van der Waals surface area contributed by atoms with Crippen LogP contribution in [-0.2, 0) is 24.6 Å². The number of hydrogen-bond acceptors (Lipinski definition) is 10. The number of ether oxygens (including phenoxy) is 2. The SMILES string of the molecule is CC(C)(C)[Si](C)(C)OC[C@H]1O[C@@H](n2c(NCc3ccc(-c4cccc(OCCCCl)c4)cc3)nc3c(N)ncnc32)[C@H](O[Si](C)(C)C(C)(C)C)[C@@H]1O[Si](C)(C)C(C)(C)C. The van der Waals surface area contributed by atoms with E-state index in [1.807, 2.05) is 16.7 Å². The Morgan fingerprint density at radius 3 is 2.00 bits per heavy atom. The molecule has 15 heteroatoms. The van der Waals surface area contributed by atoms with Crippen molar-refractivity contribution in [3.05, 3.63) is 60.4 Å². The molecular weight excluding hydrogens is 812 g/mol. The van der Waals surface area contributed by atoms with Crippen molar-refractivity contribution < 1.29 is 22.8 Å². The first kappa shape index (κ1) is 47.2. The summed E-state index contributed by atoms with van der Waals surface area (Å²) in [6.07, 6.45) is 0.294. The highest BCUT2D eigenvalue weighted by molar-refractivity contribution is 6.75. The fourth-order valence-electron chi connectivity index (χ4n) is 6.16. The Kier molecular flexibility index (Phi) is 14.3.